The first-order chi connectivity index (χ1) is 11.3. The summed E-state index contributed by atoms with van der Waals surface area (Å²) in [7, 11) is 3.09. The van der Waals surface area contributed by atoms with Gasteiger partial charge in [0.2, 0.25) is 0 Å². The smallest absolute Gasteiger partial charge is 0.331 e. The van der Waals surface area contributed by atoms with Gasteiger partial charge in [0.1, 0.15) is 11.5 Å². The molecule has 0 bridgehead atoms. The molecule has 0 unspecified atom stereocenters. The lowest BCUT2D eigenvalue weighted by molar-refractivity contribution is -0.144. The van der Waals surface area contributed by atoms with E-state index in [1.54, 1.807) is 31.4 Å². The van der Waals surface area contributed by atoms with E-state index in [-0.39, 0.29) is 18.1 Å². The van der Waals surface area contributed by atoms with Crippen molar-refractivity contribution in [1.29, 1.82) is 0 Å². The number of nitrogens with one attached hydrogen (secondary N) is 1. The van der Waals surface area contributed by atoms with Gasteiger partial charge in [-0.3, -0.25) is 4.79 Å². The lowest BCUT2D eigenvalue weighted by Gasteiger charge is -2.24. The van der Waals surface area contributed by atoms with Crippen LogP contribution in [0.5, 0.6) is 11.5 Å². The molecule has 0 fully saturated rings. The number of hydrogen-bond acceptors (Lipinski definition) is 5. The third kappa shape index (κ3) is 6.32. The second kappa shape index (κ2) is 8.96. The molecule has 6 nitrogen and oxygen atoms in total. The third-order valence-corrected chi connectivity index (χ3v) is 3.55. The first kappa shape index (κ1) is 19.5. The average Bonchev–Trinajstić information content (AvgIpc) is 2.57. The van der Waals surface area contributed by atoms with E-state index < -0.39 is 5.97 Å². The maximum Gasteiger partial charge on any atom is 0.331 e. The number of hydrogen-bond donors (Lipinski definition) is 1. The number of amides is 1. The summed E-state index contributed by atoms with van der Waals surface area (Å²) < 4.78 is 15.3. The summed E-state index contributed by atoms with van der Waals surface area (Å²) >= 11 is 0. The van der Waals surface area contributed by atoms with Crippen molar-refractivity contribution in [2.24, 2.45) is 0 Å². The molecule has 1 aromatic rings. The molecule has 0 aliphatic heterocycles. The monoisotopic (exact) mass is 335 g/mol. The van der Waals surface area contributed by atoms with Crippen LogP contribution in [0.1, 0.15) is 32.8 Å². The molecule has 0 aromatic heterocycles. The van der Waals surface area contributed by atoms with Crippen LogP contribution in [0.2, 0.25) is 0 Å². The standard InChI is InChI=1S/C18H25NO5/c1-6-18(2,3)19-16(20)12-24-17(21)10-8-13-7-9-14(22-4)11-15(13)23-5/h7-11H,6,12H2,1-5H3,(H,19,20)/b10-8+. The minimum atomic E-state index is -0.600. The Labute approximate surface area is 142 Å². The van der Waals surface area contributed by atoms with E-state index in [9.17, 15) is 9.59 Å². The lowest BCUT2D eigenvalue weighted by Crippen LogP contribution is -2.44. The molecule has 1 amide bonds. The van der Waals surface area contributed by atoms with Gasteiger partial charge < -0.3 is 19.5 Å². The van der Waals surface area contributed by atoms with Crippen LogP contribution < -0.4 is 14.8 Å². The highest BCUT2D eigenvalue weighted by atomic mass is 16.5. The van der Waals surface area contributed by atoms with E-state index in [0.29, 0.717) is 17.1 Å². The van der Waals surface area contributed by atoms with Crippen LogP contribution in [0.25, 0.3) is 6.08 Å². The zero-order valence-corrected chi connectivity index (χ0v) is 14.8. The minimum Gasteiger partial charge on any atom is -0.497 e. The van der Waals surface area contributed by atoms with Gasteiger partial charge in [0.25, 0.3) is 5.91 Å². The molecule has 1 N–H and O–H groups in total. The fourth-order valence-corrected chi connectivity index (χ4v) is 1.80. The van der Waals surface area contributed by atoms with E-state index in [1.165, 1.54) is 13.2 Å². The molecule has 6 heteroatoms. The molecule has 132 valence electrons. The molecule has 0 heterocycles. The fraction of sp³-hybridized carbons (Fsp3) is 0.444. The van der Waals surface area contributed by atoms with Gasteiger partial charge in [-0.2, -0.15) is 0 Å². The van der Waals surface area contributed by atoms with Crippen LogP contribution in [-0.4, -0.2) is 38.2 Å². The zero-order valence-electron chi connectivity index (χ0n) is 14.8. The number of esters is 1. The molecular formula is C18H25NO5. The highest BCUT2D eigenvalue weighted by Crippen LogP contribution is 2.25. The predicted octanol–water partition coefficient (Wildman–Crippen LogP) is 2.57. The Morgan fingerprint density at radius 2 is 1.92 bits per heavy atom. The Morgan fingerprint density at radius 1 is 1.21 bits per heavy atom. The van der Waals surface area contributed by atoms with Crippen molar-refractivity contribution < 1.29 is 23.8 Å². The van der Waals surface area contributed by atoms with Crippen molar-refractivity contribution in [2.45, 2.75) is 32.7 Å². The third-order valence-electron chi connectivity index (χ3n) is 3.55. The van der Waals surface area contributed by atoms with Crippen LogP contribution in [0.4, 0.5) is 0 Å². The Hall–Kier alpha value is -2.50. The SMILES string of the molecule is CCC(C)(C)NC(=O)COC(=O)/C=C/c1ccc(OC)cc1OC. The zero-order chi connectivity index (χ0) is 18.2. The molecule has 0 radical (unpaired) electrons. The minimum absolute atomic E-state index is 0.313. The van der Waals surface area contributed by atoms with Gasteiger partial charge >= 0.3 is 5.97 Å². The van der Waals surface area contributed by atoms with Crippen molar-refractivity contribution in [1.82, 2.24) is 5.32 Å². The summed E-state index contributed by atoms with van der Waals surface area (Å²) in [6.45, 7) is 5.47. The molecule has 0 spiro atoms. The van der Waals surface area contributed by atoms with E-state index >= 15 is 0 Å². The van der Waals surface area contributed by atoms with Gasteiger partial charge in [-0.25, -0.2) is 4.79 Å². The Bertz CT molecular complexity index is 607. The largest absolute Gasteiger partial charge is 0.497 e. The van der Waals surface area contributed by atoms with Crippen molar-refractivity contribution in [2.75, 3.05) is 20.8 Å². The summed E-state index contributed by atoms with van der Waals surface area (Å²) in [5, 5.41) is 2.79. The van der Waals surface area contributed by atoms with E-state index in [1.807, 2.05) is 20.8 Å². The van der Waals surface area contributed by atoms with Crippen molar-refractivity contribution in [3.05, 3.63) is 29.8 Å². The molecule has 0 atom stereocenters. The summed E-state index contributed by atoms with van der Waals surface area (Å²) in [5.41, 5.74) is 0.377. The quantitative estimate of drug-likeness (QED) is 0.584. The molecular weight excluding hydrogens is 310 g/mol. The van der Waals surface area contributed by atoms with Gasteiger partial charge in [-0.1, -0.05) is 6.92 Å². The van der Waals surface area contributed by atoms with E-state index in [0.717, 1.165) is 6.42 Å². The van der Waals surface area contributed by atoms with Crippen LogP contribution in [0, 0.1) is 0 Å². The molecule has 0 aliphatic rings. The highest BCUT2D eigenvalue weighted by Gasteiger charge is 2.18. The van der Waals surface area contributed by atoms with Gasteiger partial charge in [0.15, 0.2) is 6.61 Å². The first-order valence-corrected chi connectivity index (χ1v) is 7.69. The summed E-state index contributed by atoms with van der Waals surface area (Å²) in [6, 6.07) is 5.23. The maximum absolute atomic E-state index is 11.7. The topological polar surface area (TPSA) is 73.9 Å². The second-order valence-corrected chi connectivity index (χ2v) is 5.83. The van der Waals surface area contributed by atoms with Crippen LogP contribution in [0.15, 0.2) is 24.3 Å². The van der Waals surface area contributed by atoms with E-state index in [2.05, 4.69) is 5.32 Å². The molecule has 0 saturated carbocycles. The van der Waals surface area contributed by atoms with Crippen LogP contribution in [-0.2, 0) is 14.3 Å². The highest BCUT2D eigenvalue weighted by molar-refractivity contribution is 5.89. The van der Waals surface area contributed by atoms with Crippen molar-refractivity contribution in [3.8, 4) is 11.5 Å². The summed E-state index contributed by atoms with van der Waals surface area (Å²) in [4.78, 5) is 23.4. The number of carbonyl (C=O) groups is 2. The van der Waals surface area contributed by atoms with Crippen LogP contribution >= 0.6 is 0 Å². The molecule has 1 aromatic carbocycles. The number of benzene rings is 1. The summed E-state index contributed by atoms with van der Waals surface area (Å²) in [5.74, 6) is 0.297. The molecule has 1 rings (SSSR count). The number of rotatable bonds is 8. The van der Waals surface area contributed by atoms with Gasteiger partial charge in [0, 0.05) is 23.2 Å². The molecule has 0 saturated heterocycles. The number of methoxy groups -OCH3 is 2. The Balaban J connectivity index is 2.59. The lowest BCUT2D eigenvalue weighted by atomic mass is 10.0. The predicted molar refractivity (Wildman–Crippen MR) is 92.1 cm³/mol. The van der Waals surface area contributed by atoms with Gasteiger partial charge in [-0.05, 0) is 38.5 Å². The number of ether oxygens (including phenoxy) is 3. The molecule has 0 aliphatic carbocycles. The average molecular weight is 335 g/mol. The van der Waals surface area contributed by atoms with Crippen LogP contribution in [0.3, 0.4) is 0 Å². The molecule has 24 heavy (non-hydrogen) atoms. The maximum atomic E-state index is 11.7. The normalized spacial score (nSPS) is 11.2. The Kier molecular flexibility index (Phi) is 7.30. The van der Waals surface area contributed by atoms with Crippen molar-refractivity contribution >= 4 is 18.0 Å². The van der Waals surface area contributed by atoms with Crippen molar-refractivity contribution in [3.63, 3.8) is 0 Å². The summed E-state index contributed by atoms with van der Waals surface area (Å²) in [6.07, 6.45) is 3.60. The second-order valence-electron chi connectivity index (χ2n) is 5.83. The fourth-order valence-electron chi connectivity index (χ4n) is 1.80. The van der Waals surface area contributed by atoms with E-state index in [4.69, 9.17) is 14.2 Å². The number of carbonyl (C=O) groups excluding carboxylic acids is 2. The van der Waals surface area contributed by atoms with Gasteiger partial charge in [-0.15, -0.1) is 0 Å². The first-order valence-electron chi connectivity index (χ1n) is 7.69. The Morgan fingerprint density at radius 3 is 2.50 bits per heavy atom. The van der Waals surface area contributed by atoms with Gasteiger partial charge in [0.05, 0.1) is 14.2 Å².